The number of carboxylic acid groups (broad SMARTS) is 1. The van der Waals surface area contributed by atoms with Crippen molar-refractivity contribution >= 4 is 38.4 Å². The molecule has 2 bridgehead atoms. The molecule has 7 aliphatic rings. The van der Waals surface area contributed by atoms with E-state index in [1.165, 1.54) is 79.4 Å². The minimum Gasteiger partial charge on any atom is -0.548 e. The molecule has 0 aromatic heterocycles. The molecule has 6 saturated heterocycles. The van der Waals surface area contributed by atoms with E-state index in [0.29, 0.717) is 11.1 Å². The fraction of sp³-hybridized carbons (Fsp3) is 0.636. The van der Waals surface area contributed by atoms with Crippen molar-refractivity contribution in [1.29, 1.82) is 0 Å². The van der Waals surface area contributed by atoms with Gasteiger partial charge in [-0.05, 0) is 35.9 Å². The lowest BCUT2D eigenvalue weighted by atomic mass is 9.77. The molecule has 1 amide bonds. The predicted octanol–water partition coefficient (Wildman–Crippen LogP) is -1.52. The lowest BCUT2D eigenvalue weighted by Crippen LogP contribution is -2.84. The third-order valence-corrected chi connectivity index (χ3v) is 14.8. The predicted molar refractivity (Wildman–Crippen MR) is 164 cm³/mol. The Morgan fingerprint density at radius 3 is 2.51 bits per heavy atom. The summed E-state index contributed by atoms with van der Waals surface area (Å²) in [5.41, 5.74) is 1.72. The number of hydrogen-bond acceptors (Lipinski definition) is 6. The van der Waals surface area contributed by atoms with E-state index in [-0.39, 0.29) is 17.4 Å². The first kappa shape index (κ1) is 29.6. The zero-order valence-electron chi connectivity index (χ0n) is 26.2. The summed E-state index contributed by atoms with van der Waals surface area (Å²) in [5.74, 6) is -3.48. The number of carbonyl (C=O) groups is 2. The van der Waals surface area contributed by atoms with E-state index < -0.39 is 51.9 Å². The van der Waals surface area contributed by atoms with Crippen LogP contribution in [0.3, 0.4) is 0 Å². The van der Waals surface area contributed by atoms with Gasteiger partial charge in [0, 0.05) is 30.3 Å². The topological polar surface area (TPSA) is 135 Å². The number of fused-ring (bicyclic) bond motifs is 4. The van der Waals surface area contributed by atoms with Crippen molar-refractivity contribution in [3.05, 3.63) is 35.9 Å². The Hall–Kier alpha value is -2.77. The standard InChI is InChI=1S/C33H44N5O6S/c1-20-25(31(33(41)42)36-30(20)28(21(2)39)32(36)40)19-35-26-5-3-4-24-22(6-7-27(29(24)26)45(35,43)44)9-11-37-12-15-38(16-13-37,17-14-37)23-8-10-34-18-23/h3-7,20-21,23,25,28,30-31,34,39H,8-19H2,1-2H3/q+1/p+1/t20-,21+,23?,25?,28+,30+,31?,37?,38?/m0/s1. The van der Waals surface area contributed by atoms with Gasteiger partial charge in [0.1, 0.15) is 51.9 Å². The molecular formula is C33H45N5O6S+2. The van der Waals surface area contributed by atoms with Gasteiger partial charge in [-0.15, -0.1) is 0 Å². The Labute approximate surface area is 264 Å². The van der Waals surface area contributed by atoms with Crippen molar-refractivity contribution in [2.24, 2.45) is 17.8 Å². The molecule has 7 heterocycles. The Kier molecular flexibility index (Phi) is 6.66. The van der Waals surface area contributed by atoms with Crippen LogP contribution in [0.4, 0.5) is 5.69 Å². The van der Waals surface area contributed by atoms with Crippen LogP contribution in [0.2, 0.25) is 0 Å². The third-order valence-electron chi connectivity index (χ3n) is 13.0. The molecule has 45 heavy (non-hydrogen) atoms. The number of nitrogens with zero attached hydrogens (tertiary/aromatic N) is 4. The minimum atomic E-state index is -3.94. The number of aliphatic hydroxyl groups is 1. The van der Waals surface area contributed by atoms with Crippen molar-refractivity contribution in [2.45, 2.75) is 55.8 Å². The van der Waals surface area contributed by atoms with Crippen LogP contribution in [-0.2, 0) is 26.0 Å². The summed E-state index contributed by atoms with van der Waals surface area (Å²) in [6.07, 6.45) is 1.30. The lowest BCUT2D eigenvalue weighted by molar-refractivity contribution is -1.09. The molecule has 2 aromatic rings. The van der Waals surface area contributed by atoms with Gasteiger partial charge >= 0.3 is 0 Å². The summed E-state index contributed by atoms with van der Waals surface area (Å²) < 4.78 is 31.9. The van der Waals surface area contributed by atoms with E-state index >= 15 is 0 Å². The number of piperazine rings is 3. The monoisotopic (exact) mass is 639 g/mol. The van der Waals surface area contributed by atoms with Gasteiger partial charge in [-0.2, -0.15) is 0 Å². The second-order valence-corrected chi connectivity index (χ2v) is 16.7. The van der Waals surface area contributed by atoms with Gasteiger partial charge in [-0.1, -0.05) is 25.1 Å². The fourth-order valence-electron chi connectivity index (χ4n) is 10.3. The van der Waals surface area contributed by atoms with Crippen molar-refractivity contribution in [2.75, 3.05) is 69.8 Å². The van der Waals surface area contributed by atoms with Gasteiger partial charge in [0.15, 0.2) is 0 Å². The summed E-state index contributed by atoms with van der Waals surface area (Å²) in [4.78, 5) is 26.8. The van der Waals surface area contributed by atoms with Gasteiger partial charge in [0.05, 0.1) is 54.1 Å². The van der Waals surface area contributed by atoms with E-state index in [1.54, 1.807) is 12.1 Å². The Morgan fingerprint density at radius 2 is 1.87 bits per heavy atom. The van der Waals surface area contributed by atoms with E-state index in [0.717, 1.165) is 34.4 Å². The number of nitrogens with two attached hydrogens (primary N) is 1. The van der Waals surface area contributed by atoms with Gasteiger partial charge in [0.25, 0.3) is 10.0 Å². The molecule has 0 spiro atoms. The highest BCUT2D eigenvalue weighted by Gasteiger charge is 2.63. The minimum absolute atomic E-state index is 0.0726. The maximum Gasteiger partial charge on any atom is 0.265 e. The molecular weight excluding hydrogens is 594 g/mol. The summed E-state index contributed by atoms with van der Waals surface area (Å²) >= 11 is 0. The maximum atomic E-state index is 14.0. The van der Waals surface area contributed by atoms with Crippen molar-refractivity contribution < 1.29 is 42.5 Å². The summed E-state index contributed by atoms with van der Waals surface area (Å²) in [6.45, 7) is 14.4. The molecule has 7 atom stereocenters. The second kappa shape index (κ2) is 10.1. The molecule has 2 aromatic carbocycles. The van der Waals surface area contributed by atoms with Gasteiger partial charge in [-0.3, -0.25) is 9.10 Å². The van der Waals surface area contributed by atoms with E-state index in [1.807, 2.05) is 25.1 Å². The first-order valence-corrected chi connectivity index (χ1v) is 18.2. The third kappa shape index (κ3) is 4.11. The Balaban J connectivity index is 1.06. The number of carbonyl (C=O) groups excluding carboxylic acids is 2. The highest BCUT2D eigenvalue weighted by Crippen LogP contribution is 2.50. The zero-order chi connectivity index (χ0) is 31.5. The second-order valence-electron chi connectivity index (χ2n) is 14.9. The molecule has 0 radical (unpaired) electrons. The SMILES string of the molecule is C[C@@H](O)[C@H]1C(=O)N2C(C(=O)[O-])C(CN3c4cccc5c(CC[N+]67CC[N+](C8CC[NH2+]C8)(CC6)CC7)ccc(c45)S3(=O)=O)[C@H](C)[C@H]12. The number of hydrogen-bond donors (Lipinski definition) is 2. The molecule has 7 aliphatic heterocycles. The normalized spacial score (nSPS) is 38.5. The molecule has 11 nitrogen and oxygen atoms in total. The molecule has 3 N–H and O–H groups in total. The molecule has 3 unspecified atom stereocenters. The van der Waals surface area contributed by atoms with Crippen LogP contribution < -0.4 is 14.7 Å². The number of anilines is 1. The summed E-state index contributed by atoms with van der Waals surface area (Å²) in [6, 6.07) is 8.54. The number of amides is 1. The number of aliphatic carboxylic acids is 1. The number of aliphatic hydroxyl groups excluding tert-OH is 1. The van der Waals surface area contributed by atoms with Crippen LogP contribution in [-0.4, -0.2) is 129 Å². The van der Waals surface area contributed by atoms with Crippen LogP contribution in [0.5, 0.6) is 0 Å². The number of quaternary nitrogens is 3. The fourth-order valence-corrected chi connectivity index (χ4v) is 12.1. The highest BCUT2D eigenvalue weighted by atomic mass is 32.2. The van der Waals surface area contributed by atoms with E-state index in [4.69, 9.17) is 0 Å². The summed E-state index contributed by atoms with van der Waals surface area (Å²) in [5, 5.41) is 26.7. The number of sulfonamides is 1. The molecule has 12 heteroatoms. The van der Waals surface area contributed by atoms with Gasteiger partial charge < -0.3 is 34.2 Å². The molecule has 6 fully saturated rings. The first-order chi connectivity index (χ1) is 21.5. The smallest absolute Gasteiger partial charge is 0.265 e. The number of carboxylic acids is 1. The zero-order valence-corrected chi connectivity index (χ0v) is 27.0. The first-order valence-electron chi connectivity index (χ1n) is 16.8. The Bertz CT molecular complexity index is 1670. The molecule has 0 saturated carbocycles. The molecule has 0 aliphatic carbocycles. The molecule has 242 valence electrons. The Morgan fingerprint density at radius 1 is 1.13 bits per heavy atom. The number of rotatable bonds is 8. The van der Waals surface area contributed by atoms with Crippen LogP contribution in [0.25, 0.3) is 10.8 Å². The number of β-lactam (4-membered cyclic amide) rings is 1. The van der Waals surface area contributed by atoms with Crippen molar-refractivity contribution in [3.63, 3.8) is 0 Å². The largest absolute Gasteiger partial charge is 0.548 e. The van der Waals surface area contributed by atoms with Crippen molar-refractivity contribution in [1.82, 2.24) is 4.90 Å². The van der Waals surface area contributed by atoms with Crippen LogP contribution in [0.1, 0.15) is 25.8 Å². The highest BCUT2D eigenvalue weighted by molar-refractivity contribution is 7.93. The number of benzene rings is 2. The van der Waals surface area contributed by atoms with Crippen molar-refractivity contribution in [3.8, 4) is 0 Å². The average molecular weight is 640 g/mol. The van der Waals surface area contributed by atoms with Gasteiger partial charge in [-0.25, -0.2) is 8.42 Å². The lowest BCUT2D eigenvalue weighted by Gasteiger charge is -2.57. The van der Waals surface area contributed by atoms with Gasteiger partial charge in [0.2, 0.25) is 5.91 Å². The van der Waals surface area contributed by atoms with E-state index in [9.17, 15) is 28.2 Å². The summed E-state index contributed by atoms with van der Waals surface area (Å²) in [7, 11) is -3.94. The van der Waals surface area contributed by atoms with Crippen LogP contribution in [0, 0.1) is 17.8 Å². The van der Waals surface area contributed by atoms with E-state index in [2.05, 4.69) is 5.32 Å². The molecule has 9 rings (SSSR count). The van der Waals surface area contributed by atoms with Crippen LogP contribution >= 0.6 is 0 Å². The van der Waals surface area contributed by atoms with Crippen LogP contribution in [0.15, 0.2) is 35.2 Å². The maximum absolute atomic E-state index is 14.0. The average Bonchev–Trinajstić information content (AvgIpc) is 3.70. The quantitative estimate of drug-likeness (QED) is 0.266.